The Hall–Kier alpha value is -4.56. The van der Waals surface area contributed by atoms with E-state index in [4.69, 9.17) is 5.26 Å². The molecule has 1 heterocycles. The average molecular weight is 498 g/mol. The summed E-state index contributed by atoms with van der Waals surface area (Å²) in [6.07, 6.45) is -6.34. The van der Waals surface area contributed by atoms with E-state index < -0.39 is 41.2 Å². The lowest BCUT2D eigenvalue weighted by molar-refractivity contribution is -0.141. The molecule has 1 unspecified atom stereocenters. The highest BCUT2D eigenvalue weighted by Crippen LogP contribution is 2.31. The Kier molecular flexibility index (Phi) is 6.55. The molecule has 11 heteroatoms. The van der Waals surface area contributed by atoms with Crippen LogP contribution < -0.4 is 5.32 Å². The van der Waals surface area contributed by atoms with Crippen molar-refractivity contribution in [1.82, 2.24) is 9.78 Å². The van der Waals surface area contributed by atoms with Crippen LogP contribution in [0.15, 0.2) is 72.8 Å². The molecule has 1 atom stereocenters. The molecule has 0 saturated carbocycles. The summed E-state index contributed by atoms with van der Waals surface area (Å²) < 4.78 is 68.1. The first kappa shape index (κ1) is 24.6. The number of amides is 1. The molecule has 4 aromatic rings. The Balaban J connectivity index is 1.67. The van der Waals surface area contributed by atoms with Crippen molar-refractivity contribution in [3.8, 4) is 11.8 Å². The van der Waals surface area contributed by atoms with E-state index in [2.05, 4.69) is 10.4 Å². The highest BCUT2D eigenvalue weighted by atomic mass is 19.4. The minimum absolute atomic E-state index is 0.0608. The zero-order chi connectivity index (χ0) is 26.0. The van der Waals surface area contributed by atoms with Crippen molar-refractivity contribution < 1.29 is 31.9 Å². The fraction of sp³-hybridized carbons (Fsp3) is 0.0800. The van der Waals surface area contributed by atoms with E-state index in [-0.39, 0.29) is 28.1 Å². The van der Waals surface area contributed by atoms with E-state index in [1.807, 2.05) is 6.07 Å². The van der Waals surface area contributed by atoms with Crippen molar-refractivity contribution in [3.05, 3.63) is 113 Å². The average Bonchev–Trinajstić information content (AvgIpc) is 3.30. The Bertz CT molecular complexity index is 1490. The largest absolute Gasteiger partial charge is 0.435 e. The van der Waals surface area contributed by atoms with Gasteiger partial charge in [-0.3, -0.25) is 4.79 Å². The number of aromatic nitrogens is 2. The molecule has 0 aliphatic carbocycles. The number of hydrogen-bond acceptors (Lipinski definition) is 4. The van der Waals surface area contributed by atoms with Crippen LogP contribution in [0.1, 0.15) is 39.0 Å². The normalized spacial score (nSPS) is 12.1. The summed E-state index contributed by atoms with van der Waals surface area (Å²) in [5.74, 6) is -2.75. The molecule has 1 amide bonds. The van der Waals surface area contributed by atoms with E-state index in [0.29, 0.717) is 12.1 Å². The van der Waals surface area contributed by atoms with Crippen molar-refractivity contribution >= 4 is 11.6 Å². The van der Waals surface area contributed by atoms with Gasteiger partial charge in [0.25, 0.3) is 5.91 Å². The minimum atomic E-state index is -4.84. The third-order valence-electron chi connectivity index (χ3n) is 5.17. The van der Waals surface area contributed by atoms with Crippen molar-refractivity contribution in [2.24, 2.45) is 0 Å². The second kappa shape index (κ2) is 9.59. The van der Waals surface area contributed by atoms with Gasteiger partial charge in [0.15, 0.2) is 5.69 Å². The van der Waals surface area contributed by atoms with Gasteiger partial charge in [0.2, 0.25) is 0 Å². The van der Waals surface area contributed by atoms with Crippen molar-refractivity contribution in [2.75, 3.05) is 5.32 Å². The fourth-order valence-electron chi connectivity index (χ4n) is 3.47. The molecule has 2 N–H and O–H groups in total. The minimum Gasteiger partial charge on any atom is -0.384 e. The number of nitrogens with one attached hydrogen (secondary N) is 1. The summed E-state index contributed by atoms with van der Waals surface area (Å²) >= 11 is 0. The first-order chi connectivity index (χ1) is 17.1. The molecular formula is C25H15F5N4O2. The van der Waals surface area contributed by atoms with Crippen LogP contribution in [0.5, 0.6) is 0 Å². The summed E-state index contributed by atoms with van der Waals surface area (Å²) in [6.45, 7) is 0. The molecule has 3 aromatic carbocycles. The number of hydrogen-bond donors (Lipinski definition) is 2. The number of aliphatic hydroxyl groups is 1. The van der Waals surface area contributed by atoms with Crippen molar-refractivity contribution in [3.63, 3.8) is 0 Å². The van der Waals surface area contributed by atoms with Crippen molar-refractivity contribution in [2.45, 2.75) is 12.3 Å². The number of nitrogens with zero attached hydrogens (tertiary/aromatic N) is 3. The van der Waals surface area contributed by atoms with Crippen LogP contribution in [0, 0.1) is 23.0 Å². The Morgan fingerprint density at radius 1 is 1.03 bits per heavy atom. The van der Waals surface area contributed by atoms with E-state index in [9.17, 15) is 31.9 Å². The zero-order valence-corrected chi connectivity index (χ0v) is 18.1. The van der Waals surface area contributed by atoms with Gasteiger partial charge in [-0.1, -0.05) is 24.3 Å². The predicted molar refractivity (Wildman–Crippen MR) is 118 cm³/mol. The topological polar surface area (TPSA) is 90.9 Å². The quantitative estimate of drug-likeness (QED) is 0.362. The second-order valence-electron chi connectivity index (χ2n) is 7.63. The predicted octanol–water partition coefficient (Wildman–Crippen LogP) is 5.37. The standard InChI is InChI=1S/C25H15F5N4O2/c26-16-7-8-19(20(27)11-16)23(35)15-4-2-5-17(10-15)32-24(36)21-12-22(25(28,29)30)33-34(21)18-6-1-3-14(9-18)13-31/h1-12,23,35H,(H,32,36). The van der Waals surface area contributed by atoms with Crippen LogP contribution in [0.3, 0.4) is 0 Å². The van der Waals surface area contributed by atoms with Gasteiger partial charge in [0.05, 0.1) is 17.3 Å². The second-order valence-corrected chi connectivity index (χ2v) is 7.63. The number of halogens is 5. The summed E-state index contributed by atoms with van der Waals surface area (Å²) in [5, 5.41) is 25.6. The molecule has 0 aliphatic rings. The van der Waals surface area contributed by atoms with Crippen LogP contribution in [-0.4, -0.2) is 20.8 Å². The van der Waals surface area contributed by atoms with Gasteiger partial charge in [0.1, 0.15) is 23.4 Å². The fourth-order valence-corrected chi connectivity index (χ4v) is 3.47. The van der Waals surface area contributed by atoms with Crippen LogP contribution in [0.2, 0.25) is 0 Å². The molecule has 36 heavy (non-hydrogen) atoms. The smallest absolute Gasteiger partial charge is 0.384 e. The summed E-state index contributed by atoms with van der Waals surface area (Å²) in [4.78, 5) is 13.0. The van der Waals surface area contributed by atoms with Crippen molar-refractivity contribution in [1.29, 1.82) is 5.26 Å². The third-order valence-corrected chi connectivity index (χ3v) is 5.17. The number of nitriles is 1. The zero-order valence-electron chi connectivity index (χ0n) is 18.1. The number of carbonyl (C=O) groups excluding carboxylic acids is 1. The van der Waals surface area contributed by atoms with Crippen LogP contribution in [0.4, 0.5) is 27.6 Å². The number of benzene rings is 3. The van der Waals surface area contributed by atoms with Gasteiger partial charge in [-0.2, -0.15) is 23.5 Å². The van der Waals surface area contributed by atoms with Gasteiger partial charge in [-0.25, -0.2) is 13.5 Å². The Labute approximate surface area is 200 Å². The number of carbonyl (C=O) groups is 1. The van der Waals surface area contributed by atoms with Gasteiger partial charge >= 0.3 is 6.18 Å². The monoisotopic (exact) mass is 498 g/mol. The van der Waals surface area contributed by atoms with Gasteiger partial charge < -0.3 is 10.4 Å². The maximum Gasteiger partial charge on any atom is 0.435 e. The number of rotatable bonds is 5. The SMILES string of the molecule is N#Cc1cccc(-n2nc(C(F)(F)F)cc2C(=O)Nc2cccc(C(O)c3ccc(F)cc3F)c2)c1. The number of aliphatic hydroxyl groups excluding tert-OH is 1. The summed E-state index contributed by atoms with van der Waals surface area (Å²) in [7, 11) is 0. The molecule has 1 aromatic heterocycles. The van der Waals surface area contributed by atoms with E-state index >= 15 is 0 Å². The molecular weight excluding hydrogens is 483 g/mol. The first-order valence-electron chi connectivity index (χ1n) is 10.3. The summed E-state index contributed by atoms with van der Waals surface area (Å²) in [5.41, 5.74) is -1.54. The number of alkyl halides is 3. The van der Waals surface area contributed by atoms with E-state index in [1.165, 1.54) is 48.5 Å². The molecule has 0 saturated heterocycles. The Morgan fingerprint density at radius 3 is 2.47 bits per heavy atom. The highest BCUT2D eigenvalue weighted by molar-refractivity contribution is 6.03. The lowest BCUT2D eigenvalue weighted by Crippen LogP contribution is -2.17. The molecule has 182 valence electrons. The molecule has 0 spiro atoms. The van der Waals surface area contributed by atoms with Crippen LogP contribution >= 0.6 is 0 Å². The van der Waals surface area contributed by atoms with E-state index in [1.54, 1.807) is 0 Å². The molecule has 6 nitrogen and oxygen atoms in total. The molecule has 0 bridgehead atoms. The van der Waals surface area contributed by atoms with Gasteiger partial charge in [-0.15, -0.1) is 0 Å². The van der Waals surface area contributed by atoms with Crippen LogP contribution in [-0.2, 0) is 6.18 Å². The molecule has 0 radical (unpaired) electrons. The maximum atomic E-state index is 14.1. The maximum absolute atomic E-state index is 14.1. The molecule has 0 aliphatic heterocycles. The van der Waals surface area contributed by atoms with E-state index in [0.717, 1.165) is 16.8 Å². The summed E-state index contributed by atoms with van der Waals surface area (Å²) in [6, 6.07) is 16.2. The number of anilines is 1. The van der Waals surface area contributed by atoms with Crippen LogP contribution in [0.25, 0.3) is 5.69 Å². The molecule has 0 fully saturated rings. The lowest BCUT2D eigenvalue weighted by Gasteiger charge is -2.14. The van der Waals surface area contributed by atoms with Gasteiger partial charge in [0, 0.05) is 23.4 Å². The molecule has 4 rings (SSSR count). The lowest BCUT2D eigenvalue weighted by atomic mass is 10.0. The Morgan fingerprint density at radius 2 is 1.78 bits per heavy atom. The van der Waals surface area contributed by atoms with Gasteiger partial charge in [-0.05, 0) is 42.0 Å². The first-order valence-corrected chi connectivity index (χ1v) is 10.3. The third kappa shape index (κ3) is 5.08. The highest BCUT2D eigenvalue weighted by Gasteiger charge is 2.36.